The summed E-state index contributed by atoms with van der Waals surface area (Å²) in [5.41, 5.74) is 3.37. The molecule has 0 fully saturated rings. The number of benzene rings is 4. The molecule has 1 amide bonds. The van der Waals surface area contributed by atoms with Gasteiger partial charge in [0.1, 0.15) is 28.5 Å². The second-order valence-electron chi connectivity index (χ2n) is 9.29. The fourth-order valence-electron chi connectivity index (χ4n) is 5.67. The number of para-hydroxylation sites is 1. The number of amides is 1. The predicted molar refractivity (Wildman–Crippen MR) is 139 cm³/mol. The van der Waals surface area contributed by atoms with E-state index in [1.807, 2.05) is 60.3 Å². The molecule has 7 nitrogen and oxygen atoms in total. The zero-order valence-corrected chi connectivity index (χ0v) is 19.8. The third-order valence-electron chi connectivity index (χ3n) is 7.23. The predicted octanol–water partition coefficient (Wildman–Crippen LogP) is 5.48. The number of rotatable bonds is 2. The number of nitrogens with zero attached hydrogens (tertiary/aromatic N) is 3. The number of ether oxygens (including phenoxy) is 1. The minimum absolute atomic E-state index is 0.0286. The van der Waals surface area contributed by atoms with Crippen LogP contribution in [0.15, 0.2) is 96.2 Å². The Balaban J connectivity index is 1.53. The van der Waals surface area contributed by atoms with Crippen LogP contribution in [-0.4, -0.2) is 31.9 Å². The second-order valence-corrected chi connectivity index (χ2v) is 9.29. The molecule has 0 unspecified atom stereocenters. The van der Waals surface area contributed by atoms with Gasteiger partial charge in [0.05, 0.1) is 6.21 Å². The number of hydrogen-bond acceptors (Lipinski definition) is 5. The molecule has 1 spiro atoms. The van der Waals surface area contributed by atoms with E-state index in [4.69, 9.17) is 9.84 Å². The van der Waals surface area contributed by atoms with Gasteiger partial charge in [0.15, 0.2) is 0 Å². The van der Waals surface area contributed by atoms with Gasteiger partial charge in [0, 0.05) is 64.1 Å². The SMILES string of the molecule is Cn1cc(C=NN2C(=O)c3ccccc3C23c2ccc(O)cc2Oc2cc(O)ccc23)c2ccccc21. The van der Waals surface area contributed by atoms with Crippen molar-refractivity contribution in [2.24, 2.45) is 12.1 Å². The summed E-state index contributed by atoms with van der Waals surface area (Å²) >= 11 is 0. The lowest BCUT2D eigenvalue weighted by molar-refractivity contribution is 0.0675. The molecule has 0 saturated heterocycles. The number of aromatic hydroxyl groups is 2. The average molecular weight is 488 g/mol. The summed E-state index contributed by atoms with van der Waals surface area (Å²) in [7, 11) is 1.97. The number of hydrogen-bond donors (Lipinski definition) is 2. The summed E-state index contributed by atoms with van der Waals surface area (Å²) in [5, 5.41) is 27.9. The van der Waals surface area contributed by atoms with Gasteiger partial charge in [0.25, 0.3) is 5.91 Å². The molecule has 2 aliphatic heterocycles. The van der Waals surface area contributed by atoms with Gasteiger partial charge in [-0.15, -0.1) is 0 Å². The Bertz CT molecular complexity index is 1730. The van der Waals surface area contributed by atoms with Crippen LogP contribution in [0.5, 0.6) is 23.0 Å². The van der Waals surface area contributed by atoms with E-state index in [9.17, 15) is 15.0 Å². The fourth-order valence-corrected chi connectivity index (χ4v) is 5.67. The van der Waals surface area contributed by atoms with Crippen LogP contribution in [0.2, 0.25) is 0 Å². The van der Waals surface area contributed by atoms with Crippen LogP contribution >= 0.6 is 0 Å². The van der Waals surface area contributed by atoms with Crippen molar-refractivity contribution in [3.8, 4) is 23.0 Å². The van der Waals surface area contributed by atoms with E-state index in [-0.39, 0.29) is 17.4 Å². The molecule has 180 valence electrons. The molecular weight excluding hydrogens is 466 g/mol. The van der Waals surface area contributed by atoms with Gasteiger partial charge in [-0.25, -0.2) is 5.01 Å². The third-order valence-corrected chi connectivity index (χ3v) is 7.23. The number of fused-ring (bicyclic) bond motifs is 7. The largest absolute Gasteiger partial charge is 0.508 e. The maximum absolute atomic E-state index is 14.0. The van der Waals surface area contributed by atoms with Crippen molar-refractivity contribution in [2.75, 3.05) is 0 Å². The second kappa shape index (κ2) is 7.48. The van der Waals surface area contributed by atoms with E-state index < -0.39 is 5.54 Å². The Kier molecular flexibility index (Phi) is 4.30. The first-order valence-corrected chi connectivity index (χ1v) is 11.9. The Labute approximate surface area is 212 Å². The van der Waals surface area contributed by atoms with E-state index in [0.717, 1.165) is 22.0 Å². The molecule has 2 aliphatic rings. The quantitative estimate of drug-likeness (QED) is 0.323. The summed E-state index contributed by atoms with van der Waals surface area (Å²) in [5.74, 6) is 0.565. The van der Waals surface area contributed by atoms with E-state index in [0.29, 0.717) is 28.2 Å². The Morgan fingerprint density at radius 2 is 1.49 bits per heavy atom. The number of phenolic OH excluding ortho intramolecular Hbond substituents is 2. The van der Waals surface area contributed by atoms with Gasteiger partial charge in [-0.1, -0.05) is 36.4 Å². The van der Waals surface area contributed by atoms with Crippen LogP contribution in [0, 0.1) is 0 Å². The van der Waals surface area contributed by atoms with E-state index in [2.05, 4.69) is 0 Å². The minimum atomic E-state index is -1.17. The van der Waals surface area contributed by atoms with Crippen molar-refractivity contribution in [1.29, 1.82) is 0 Å². The Morgan fingerprint density at radius 3 is 2.22 bits per heavy atom. The van der Waals surface area contributed by atoms with Crippen LogP contribution in [0.3, 0.4) is 0 Å². The van der Waals surface area contributed by atoms with E-state index in [1.54, 1.807) is 36.5 Å². The molecule has 2 N–H and O–H groups in total. The zero-order valence-electron chi connectivity index (χ0n) is 19.8. The van der Waals surface area contributed by atoms with Gasteiger partial charge in [-0.3, -0.25) is 4.79 Å². The van der Waals surface area contributed by atoms with E-state index >= 15 is 0 Å². The number of aromatic nitrogens is 1. The van der Waals surface area contributed by atoms with Crippen LogP contribution in [0.1, 0.15) is 32.6 Å². The molecule has 1 aromatic heterocycles. The maximum atomic E-state index is 14.0. The number of aryl methyl sites for hydroxylation is 1. The van der Waals surface area contributed by atoms with Gasteiger partial charge in [0.2, 0.25) is 0 Å². The minimum Gasteiger partial charge on any atom is -0.508 e. The molecule has 0 atom stereocenters. The Morgan fingerprint density at radius 1 is 0.838 bits per heavy atom. The van der Waals surface area contributed by atoms with Crippen LogP contribution < -0.4 is 4.74 Å². The summed E-state index contributed by atoms with van der Waals surface area (Å²) in [6.45, 7) is 0. The molecule has 7 rings (SSSR count). The van der Waals surface area contributed by atoms with Crippen molar-refractivity contribution in [3.63, 3.8) is 0 Å². The van der Waals surface area contributed by atoms with Crippen molar-refractivity contribution in [1.82, 2.24) is 9.58 Å². The molecule has 0 radical (unpaired) electrons. The lowest BCUT2D eigenvalue weighted by Crippen LogP contribution is -2.44. The maximum Gasteiger partial charge on any atom is 0.275 e. The summed E-state index contributed by atoms with van der Waals surface area (Å²) in [4.78, 5) is 14.0. The molecule has 5 aromatic rings. The van der Waals surface area contributed by atoms with Crippen molar-refractivity contribution in [2.45, 2.75) is 5.54 Å². The summed E-state index contributed by atoms with van der Waals surface area (Å²) < 4.78 is 8.16. The highest BCUT2D eigenvalue weighted by atomic mass is 16.5. The summed E-state index contributed by atoms with van der Waals surface area (Å²) in [6, 6.07) is 25.2. The average Bonchev–Trinajstić information content (AvgIpc) is 3.35. The fraction of sp³-hybridized carbons (Fsp3) is 0.0667. The van der Waals surface area contributed by atoms with Crippen molar-refractivity contribution < 1.29 is 19.7 Å². The highest BCUT2D eigenvalue weighted by Crippen LogP contribution is 2.58. The van der Waals surface area contributed by atoms with Gasteiger partial charge in [-0.2, -0.15) is 5.10 Å². The normalized spacial score (nSPS) is 15.2. The molecule has 0 aliphatic carbocycles. The standard InChI is InChI=1S/C30H21N3O4/c1-32-17-18(21-6-3-5-9-26(21)32)16-31-33-29(36)22-7-2-4-8-23(22)30(33)24-12-10-19(34)14-27(24)37-28-15-20(35)11-13-25(28)30/h2-17,34-35H,1H3. The third kappa shape index (κ3) is 2.82. The molecule has 0 bridgehead atoms. The number of phenols is 2. The lowest BCUT2D eigenvalue weighted by Gasteiger charge is -2.41. The first-order valence-electron chi connectivity index (χ1n) is 11.9. The van der Waals surface area contributed by atoms with Crippen molar-refractivity contribution >= 4 is 23.0 Å². The van der Waals surface area contributed by atoms with Crippen LogP contribution in [-0.2, 0) is 12.6 Å². The van der Waals surface area contributed by atoms with Gasteiger partial charge in [-0.05, 0) is 36.4 Å². The number of carbonyl (C=O) groups excluding carboxylic acids is 1. The topological polar surface area (TPSA) is 87.3 Å². The highest BCUT2D eigenvalue weighted by molar-refractivity contribution is 6.04. The number of hydrazone groups is 1. The number of carbonyl (C=O) groups is 1. The van der Waals surface area contributed by atoms with E-state index in [1.165, 1.54) is 17.1 Å². The first kappa shape index (κ1) is 21.3. The lowest BCUT2D eigenvalue weighted by atomic mass is 9.75. The van der Waals surface area contributed by atoms with Gasteiger partial charge < -0.3 is 19.5 Å². The summed E-state index contributed by atoms with van der Waals surface area (Å²) in [6.07, 6.45) is 3.69. The van der Waals surface area contributed by atoms with Crippen LogP contribution in [0.4, 0.5) is 0 Å². The van der Waals surface area contributed by atoms with Crippen LogP contribution in [0.25, 0.3) is 10.9 Å². The smallest absolute Gasteiger partial charge is 0.275 e. The monoisotopic (exact) mass is 487 g/mol. The first-order chi connectivity index (χ1) is 18.0. The molecule has 0 saturated carbocycles. The van der Waals surface area contributed by atoms with Crippen molar-refractivity contribution in [3.05, 3.63) is 119 Å². The molecule has 4 aromatic carbocycles. The molecule has 3 heterocycles. The zero-order chi connectivity index (χ0) is 25.3. The highest BCUT2D eigenvalue weighted by Gasteiger charge is 2.57. The molecule has 37 heavy (non-hydrogen) atoms. The Hall–Kier alpha value is -5.04. The van der Waals surface area contributed by atoms with Gasteiger partial charge >= 0.3 is 0 Å². The molecular formula is C30H21N3O4. The molecule has 7 heteroatoms.